The lowest BCUT2D eigenvalue weighted by Crippen LogP contribution is -2.45. The van der Waals surface area contributed by atoms with Crippen LogP contribution in [0.2, 0.25) is 0 Å². The van der Waals surface area contributed by atoms with Gasteiger partial charge in [-0.05, 0) is 24.1 Å². The number of nitrogen functional groups attached to an aromatic ring is 1. The van der Waals surface area contributed by atoms with Crippen LogP contribution in [0, 0.1) is 6.92 Å². The van der Waals surface area contributed by atoms with Crippen molar-refractivity contribution in [2.45, 2.75) is 18.7 Å². The number of aliphatic hydroxyl groups excluding tert-OH is 1. The predicted molar refractivity (Wildman–Crippen MR) is 107 cm³/mol. The average Bonchev–Trinajstić information content (AvgIpc) is 3.33. The number of hydrogen-bond donors (Lipinski definition) is 3. The highest BCUT2D eigenvalue weighted by Gasteiger charge is 2.54. The third-order valence-electron chi connectivity index (χ3n) is 5.21. The van der Waals surface area contributed by atoms with Crippen molar-refractivity contribution in [1.29, 1.82) is 0 Å². The second kappa shape index (κ2) is 7.06. The molecule has 1 aromatic carbocycles. The summed E-state index contributed by atoms with van der Waals surface area (Å²) in [6.45, 7) is 0.213. The van der Waals surface area contributed by atoms with Gasteiger partial charge in [-0.25, -0.2) is 9.97 Å². The minimum atomic E-state index is -5.06. The Balaban J connectivity index is 1.92. The van der Waals surface area contributed by atoms with Gasteiger partial charge in [0, 0.05) is 30.6 Å². The quantitative estimate of drug-likeness (QED) is 0.456. The van der Waals surface area contributed by atoms with Gasteiger partial charge in [0.05, 0.1) is 30.4 Å². The minimum absolute atomic E-state index is 0.142. The second-order valence-corrected chi connectivity index (χ2v) is 7.30. The normalized spacial score (nSPS) is 14.2. The molecule has 1 unspecified atom stereocenters. The number of halogens is 3. The maximum Gasteiger partial charge on any atom is 0.423 e. The van der Waals surface area contributed by atoms with Crippen molar-refractivity contribution in [3.05, 3.63) is 54.1 Å². The molecule has 0 spiro atoms. The summed E-state index contributed by atoms with van der Waals surface area (Å²) in [5.74, 6) is 0.142. The van der Waals surface area contributed by atoms with E-state index in [0.717, 1.165) is 6.07 Å². The summed E-state index contributed by atoms with van der Waals surface area (Å²) in [5.41, 5.74) is 5.23. The van der Waals surface area contributed by atoms with Crippen molar-refractivity contribution >= 4 is 11.5 Å². The molecule has 0 aliphatic rings. The molecular weight excluding hydrogens is 413 g/mol. The van der Waals surface area contributed by atoms with Crippen LogP contribution in [0.1, 0.15) is 11.1 Å². The molecule has 0 saturated heterocycles. The van der Waals surface area contributed by atoms with Crippen LogP contribution in [0.15, 0.2) is 43.0 Å². The molecule has 4 N–H and O–H groups in total. The molecule has 0 radical (unpaired) electrons. The molecule has 4 aromatic rings. The summed E-state index contributed by atoms with van der Waals surface area (Å²) in [7, 11) is 1.76. The van der Waals surface area contributed by atoms with Crippen LogP contribution in [0.4, 0.5) is 19.0 Å². The summed E-state index contributed by atoms with van der Waals surface area (Å²) < 4.78 is 43.6. The van der Waals surface area contributed by atoms with E-state index < -0.39 is 23.9 Å². The van der Waals surface area contributed by atoms with Gasteiger partial charge in [-0.2, -0.15) is 18.3 Å². The maximum atomic E-state index is 13.5. The number of aromatic nitrogens is 5. The molecule has 0 amide bonds. The Kier molecular flexibility index (Phi) is 4.74. The van der Waals surface area contributed by atoms with Crippen molar-refractivity contribution in [2.75, 3.05) is 12.3 Å². The molecule has 0 aliphatic heterocycles. The highest BCUT2D eigenvalue weighted by Crippen LogP contribution is 2.40. The number of benzene rings is 1. The molecule has 0 bridgehead atoms. The van der Waals surface area contributed by atoms with Crippen molar-refractivity contribution in [2.24, 2.45) is 7.05 Å². The van der Waals surface area contributed by atoms with Crippen LogP contribution < -0.4 is 5.73 Å². The van der Waals surface area contributed by atoms with E-state index in [1.54, 1.807) is 41.6 Å². The first kappa shape index (κ1) is 20.8. The second-order valence-electron chi connectivity index (χ2n) is 7.30. The lowest BCUT2D eigenvalue weighted by atomic mass is 9.90. The summed E-state index contributed by atoms with van der Waals surface area (Å²) in [4.78, 5) is 8.59. The van der Waals surface area contributed by atoms with Gasteiger partial charge >= 0.3 is 6.18 Å². The third-order valence-corrected chi connectivity index (χ3v) is 5.21. The van der Waals surface area contributed by atoms with E-state index in [-0.39, 0.29) is 5.82 Å². The fourth-order valence-corrected chi connectivity index (χ4v) is 3.40. The zero-order valence-electron chi connectivity index (χ0n) is 16.6. The van der Waals surface area contributed by atoms with E-state index in [9.17, 15) is 23.4 Å². The number of alkyl halides is 3. The Morgan fingerprint density at radius 2 is 1.90 bits per heavy atom. The monoisotopic (exact) mass is 432 g/mol. The number of anilines is 1. The maximum absolute atomic E-state index is 13.5. The molecule has 0 aliphatic carbocycles. The smallest absolute Gasteiger partial charge is 0.393 e. The molecule has 8 nitrogen and oxygen atoms in total. The summed E-state index contributed by atoms with van der Waals surface area (Å²) in [5, 5.41) is 23.6. The highest BCUT2D eigenvalue weighted by atomic mass is 19.4. The molecule has 162 valence electrons. The standard InChI is InChI=1S/C20H19F3N6O2/c1-11-3-4-13(19(31,10-30)20(21,22)23)5-14(11)16-7-25-18-17(24)27-15(9-29(16)18)12-6-26-28(2)8-12/h3-9,30-31H,10H2,1-2H3,(H2,24,27). The summed E-state index contributed by atoms with van der Waals surface area (Å²) in [6.07, 6.45) is 1.44. The minimum Gasteiger partial charge on any atom is -0.393 e. The zero-order valence-corrected chi connectivity index (χ0v) is 16.6. The SMILES string of the molecule is Cc1ccc(C(O)(CO)C(F)(F)F)cc1-c1cnc2c(N)nc(-c3cnn(C)c3)cn12. The molecule has 0 saturated carbocycles. The first-order chi connectivity index (χ1) is 14.5. The van der Waals surface area contributed by atoms with Crippen molar-refractivity contribution in [1.82, 2.24) is 24.1 Å². The number of imidazole rings is 1. The Hall–Kier alpha value is -3.44. The number of hydrogen-bond acceptors (Lipinski definition) is 6. The molecule has 4 rings (SSSR count). The van der Waals surface area contributed by atoms with Gasteiger partial charge < -0.3 is 15.9 Å². The first-order valence-electron chi connectivity index (χ1n) is 9.19. The Bertz CT molecular complexity index is 1280. The summed E-state index contributed by atoms with van der Waals surface area (Å²) in [6, 6.07) is 3.79. The Morgan fingerprint density at radius 1 is 1.16 bits per heavy atom. The number of fused-ring (bicyclic) bond motifs is 1. The van der Waals surface area contributed by atoms with Gasteiger partial charge in [0.2, 0.25) is 5.60 Å². The largest absolute Gasteiger partial charge is 0.423 e. The molecule has 3 heterocycles. The van der Waals surface area contributed by atoms with Crippen molar-refractivity contribution < 1.29 is 23.4 Å². The highest BCUT2D eigenvalue weighted by molar-refractivity contribution is 5.74. The molecule has 11 heteroatoms. The summed E-state index contributed by atoms with van der Waals surface area (Å²) >= 11 is 0. The van der Waals surface area contributed by atoms with Gasteiger partial charge in [-0.3, -0.25) is 9.08 Å². The van der Waals surface area contributed by atoms with Gasteiger partial charge in [0.1, 0.15) is 0 Å². The van der Waals surface area contributed by atoms with Crippen LogP contribution in [-0.2, 0) is 12.6 Å². The van der Waals surface area contributed by atoms with E-state index in [0.29, 0.717) is 33.7 Å². The first-order valence-corrected chi connectivity index (χ1v) is 9.19. The number of aliphatic hydroxyl groups is 2. The number of nitrogens with zero attached hydrogens (tertiary/aromatic N) is 5. The molecule has 1 atom stereocenters. The third kappa shape index (κ3) is 3.31. The topological polar surface area (TPSA) is 114 Å². The average molecular weight is 432 g/mol. The Morgan fingerprint density at radius 3 is 2.52 bits per heavy atom. The van der Waals surface area contributed by atoms with E-state index in [2.05, 4.69) is 15.1 Å². The van der Waals surface area contributed by atoms with E-state index in [1.165, 1.54) is 18.3 Å². The van der Waals surface area contributed by atoms with Gasteiger partial charge in [0.15, 0.2) is 11.5 Å². The predicted octanol–water partition coefficient (Wildman–Crippen LogP) is 2.43. The fraction of sp³-hybridized carbons (Fsp3) is 0.250. The van der Waals surface area contributed by atoms with Gasteiger partial charge in [0.25, 0.3) is 0 Å². The van der Waals surface area contributed by atoms with Crippen LogP contribution in [-0.4, -0.2) is 47.1 Å². The Labute approximate surface area is 174 Å². The van der Waals surface area contributed by atoms with Crippen LogP contribution >= 0.6 is 0 Å². The van der Waals surface area contributed by atoms with E-state index >= 15 is 0 Å². The van der Waals surface area contributed by atoms with E-state index in [1.807, 2.05) is 0 Å². The van der Waals surface area contributed by atoms with Crippen molar-refractivity contribution in [3.63, 3.8) is 0 Å². The number of aryl methyl sites for hydroxylation is 2. The zero-order chi connectivity index (χ0) is 22.6. The fourth-order valence-electron chi connectivity index (χ4n) is 3.40. The molecule has 3 aromatic heterocycles. The van der Waals surface area contributed by atoms with Crippen LogP contribution in [0.5, 0.6) is 0 Å². The van der Waals surface area contributed by atoms with Gasteiger partial charge in [-0.1, -0.05) is 12.1 Å². The van der Waals surface area contributed by atoms with E-state index in [4.69, 9.17) is 5.73 Å². The van der Waals surface area contributed by atoms with Gasteiger partial charge in [-0.15, -0.1) is 0 Å². The molecular formula is C20H19F3N6O2. The lowest BCUT2D eigenvalue weighted by molar-refractivity contribution is -0.277. The van der Waals surface area contributed by atoms with Crippen LogP contribution in [0.3, 0.4) is 0 Å². The molecule has 0 fully saturated rings. The number of nitrogens with two attached hydrogens (primary N) is 1. The van der Waals surface area contributed by atoms with Crippen molar-refractivity contribution in [3.8, 4) is 22.5 Å². The molecule has 31 heavy (non-hydrogen) atoms. The number of rotatable bonds is 4. The lowest BCUT2D eigenvalue weighted by Gasteiger charge is -2.29. The van der Waals surface area contributed by atoms with Crippen LogP contribution in [0.25, 0.3) is 28.2 Å².